The van der Waals surface area contributed by atoms with Crippen molar-refractivity contribution < 1.29 is 14.3 Å². The molecule has 0 bridgehead atoms. The topological polar surface area (TPSA) is 47.6 Å². The van der Waals surface area contributed by atoms with E-state index in [2.05, 4.69) is 5.32 Å². The van der Waals surface area contributed by atoms with E-state index < -0.39 is 0 Å². The van der Waals surface area contributed by atoms with Crippen molar-refractivity contribution in [2.24, 2.45) is 0 Å². The van der Waals surface area contributed by atoms with Gasteiger partial charge in [0.15, 0.2) is 11.5 Å². The number of allylic oxidation sites excluding steroid dienone is 2. The maximum Gasteiger partial charge on any atom is 0.243 e. The lowest BCUT2D eigenvalue weighted by Crippen LogP contribution is -2.19. The van der Waals surface area contributed by atoms with Gasteiger partial charge in [-0.3, -0.25) is 4.79 Å². The van der Waals surface area contributed by atoms with Crippen LogP contribution in [0.1, 0.15) is 12.5 Å². The lowest BCUT2D eigenvalue weighted by atomic mass is 10.2. The second kappa shape index (κ2) is 5.91. The van der Waals surface area contributed by atoms with Crippen LogP contribution >= 0.6 is 0 Å². The number of ether oxygens (including phenoxy) is 2. The molecular weight excluding hydrogens is 230 g/mol. The molecule has 2 rings (SSSR count). The Bertz CT molecular complexity index is 492. The van der Waals surface area contributed by atoms with E-state index in [1.165, 1.54) is 6.08 Å². The molecule has 1 aliphatic heterocycles. The third kappa shape index (κ3) is 3.13. The Labute approximate surface area is 106 Å². The van der Waals surface area contributed by atoms with Crippen molar-refractivity contribution in [3.63, 3.8) is 0 Å². The number of nitrogens with one attached hydrogen (secondary N) is 1. The molecule has 4 heteroatoms. The first-order valence-electron chi connectivity index (χ1n) is 5.82. The summed E-state index contributed by atoms with van der Waals surface area (Å²) in [5, 5.41) is 2.68. The van der Waals surface area contributed by atoms with Gasteiger partial charge < -0.3 is 14.8 Å². The number of fused-ring (bicyclic) bond motifs is 1. The fraction of sp³-hybridized carbons (Fsp3) is 0.214. The molecule has 0 saturated carbocycles. The van der Waals surface area contributed by atoms with Gasteiger partial charge in [0.2, 0.25) is 12.7 Å². The van der Waals surface area contributed by atoms with E-state index in [0.29, 0.717) is 6.54 Å². The number of carbonyl (C=O) groups excluding carboxylic acids is 1. The molecule has 18 heavy (non-hydrogen) atoms. The average Bonchev–Trinajstić information content (AvgIpc) is 2.82. The number of hydrogen-bond acceptors (Lipinski definition) is 3. The molecule has 1 amide bonds. The van der Waals surface area contributed by atoms with E-state index in [1.54, 1.807) is 6.08 Å². The van der Waals surface area contributed by atoms with Crippen molar-refractivity contribution in [2.45, 2.75) is 6.92 Å². The van der Waals surface area contributed by atoms with Gasteiger partial charge in [0.05, 0.1) is 0 Å². The van der Waals surface area contributed by atoms with Crippen molar-refractivity contribution in [3.05, 3.63) is 42.0 Å². The first kappa shape index (κ1) is 12.2. The number of benzene rings is 1. The first-order valence-corrected chi connectivity index (χ1v) is 5.82. The second-order valence-electron chi connectivity index (χ2n) is 3.73. The minimum absolute atomic E-state index is 0.0900. The average molecular weight is 245 g/mol. The Morgan fingerprint density at radius 1 is 1.33 bits per heavy atom. The van der Waals surface area contributed by atoms with Gasteiger partial charge >= 0.3 is 0 Å². The van der Waals surface area contributed by atoms with Crippen molar-refractivity contribution in [2.75, 3.05) is 13.3 Å². The zero-order valence-electron chi connectivity index (χ0n) is 10.2. The number of likely N-dealkylation sites (N-methyl/N-ethyl adjacent to an activating group) is 1. The molecule has 0 aromatic heterocycles. The molecule has 1 N–H and O–H groups in total. The van der Waals surface area contributed by atoms with Crippen LogP contribution in [0.15, 0.2) is 36.4 Å². The van der Waals surface area contributed by atoms with Crippen molar-refractivity contribution in [3.8, 4) is 11.5 Å². The third-order valence-electron chi connectivity index (χ3n) is 2.40. The summed E-state index contributed by atoms with van der Waals surface area (Å²) in [5.74, 6) is 1.43. The molecule has 0 aliphatic carbocycles. The molecule has 94 valence electrons. The number of hydrogen-bond donors (Lipinski definition) is 1. The predicted octanol–water partition coefficient (Wildman–Crippen LogP) is 2.12. The van der Waals surface area contributed by atoms with Crippen LogP contribution < -0.4 is 14.8 Å². The highest BCUT2D eigenvalue weighted by Gasteiger charge is 2.11. The summed E-state index contributed by atoms with van der Waals surface area (Å²) < 4.78 is 10.5. The highest BCUT2D eigenvalue weighted by atomic mass is 16.7. The van der Waals surface area contributed by atoms with Gasteiger partial charge in [0, 0.05) is 12.6 Å². The maximum absolute atomic E-state index is 11.1. The van der Waals surface area contributed by atoms with Crippen LogP contribution in [0.4, 0.5) is 0 Å². The van der Waals surface area contributed by atoms with E-state index in [1.807, 2.05) is 37.3 Å². The minimum Gasteiger partial charge on any atom is -0.454 e. The van der Waals surface area contributed by atoms with Crippen LogP contribution in [0, 0.1) is 0 Å². The normalized spacial score (nSPS) is 13.4. The second-order valence-corrected chi connectivity index (χ2v) is 3.73. The number of carbonyl (C=O) groups is 1. The summed E-state index contributed by atoms with van der Waals surface area (Å²) >= 11 is 0. The van der Waals surface area contributed by atoms with E-state index in [-0.39, 0.29) is 12.7 Å². The molecule has 0 unspecified atom stereocenters. The minimum atomic E-state index is -0.0900. The SMILES string of the molecule is CCNC(=O)C=CC=Cc1ccc2c(c1)OCO2. The quantitative estimate of drug-likeness (QED) is 0.653. The molecule has 0 fully saturated rings. The molecular formula is C14H15NO3. The van der Waals surface area contributed by atoms with Gasteiger partial charge in [0.25, 0.3) is 0 Å². The van der Waals surface area contributed by atoms with Gasteiger partial charge in [0.1, 0.15) is 0 Å². The fourth-order valence-corrected chi connectivity index (χ4v) is 1.56. The number of rotatable bonds is 4. The molecule has 1 aromatic rings. The summed E-state index contributed by atoms with van der Waals surface area (Å²) in [4.78, 5) is 11.1. The van der Waals surface area contributed by atoms with Gasteiger partial charge in [-0.15, -0.1) is 0 Å². The summed E-state index contributed by atoms with van der Waals surface area (Å²) in [7, 11) is 0. The molecule has 0 atom stereocenters. The van der Waals surface area contributed by atoms with E-state index in [4.69, 9.17) is 9.47 Å². The van der Waals surface area contributed by atoms with Gasteiger partial charge in [-0.2, -0.15) is 0 Å². The van der Waals surface area contributed by atoms with Crippen LogP contribution in [0.25, 0.3) is 6.08 Å². The zero-order chi connectivity index (χ0) is 12.8. The Morgan fingerprint density at radius 3 is 3.00 bits per heavy atom. The fourth-order valence-electron chi connectivity index (χ4n) is 1.56. The van der Waals surface area contributed by atoms with Gasteiger partial charge in [-0.05, 0) is 24.6 Å². The van der Waals surface area contributed by atoms with Gasteiger partial charge in [-0.25, -0.2) is 0 Å². The molecule has 0 radical (unpaired) electrons. The van der Waals surface area contributed by atoms with E-state index >= 15 is 0 Å². The van der Waals surface area contributed by atoms with Crippen LogP contribution in [-0.2, 0) is 4.79 Å². The Hall–Kier alpha value is -2.23. The van der Waals surface area contributed by atoms with Gasteiger partial charge in [-0.1, -0.05) is 24.3 Å². The predicted molar refractivity (Wildman–Crippen MR) is 69.4 cm³/mol. The smallest absolute Gasteiger partial charge is 0.243 e. The largest absolute Gasteiger partial charge is 0.454 e. The molecule has 1 heterocycles. The number of amides is 1. The van der Waals surface area contributed by atoms with Crippen LogP contribution in [0.5, 0.6) is 11.5 Å². The van der Waals surface area contributed by atoms with Crippen molar-refractivity contribution in [1.82, 2.24) is 5.32 Å². The standard InChI is InChI=1S/C14H15NO3/c1-2-15-14(16)6-4-3-5-11-7-8-12-13(9-11)18-10-17-12/h3-9H,2,10H2,1H3,(H,15,16). The lowest BCUT2D eigenvalue weighted by Gasteiger charge is -1.96. The Morgan fingerprint density at radius 2 is 2.17 bits per heavy atom. The summed E-state index contributed by atoms with van der Waals surface area (Å²) in [6, 6.07) is 5.71. The Kier molecular flexibility index (Phi) is 4.02. The third-order valence-corrected chi connectivity index (χ3v) is 2.40. The summed E-state index contributed by atoms with van der Waals surface area (Å²) in [5.41, 5.74) is 1.000. The van der Waals surface area contributed by atoms with Crippen molar-refractivity contribution >= 4 is 12.0 Å². The molecule has 0 spiro atoms. The highest BCUT2D eigenvalue weighted by Crippen LogP contribution is 2.32. The zero-order valence-corrected chi connectivity index (χ0v) is 10.2. The highest BCUT2D eigenvalue weighted by molar-refractivity contribution is 5.87. The molecule has 0 saturated heterocycles. The monoisotopic (exact) mass is 245 g/mol. The summed E-state index contributed by atoms with van der Waals surface area (Å²) in [6.07, 6.45) is 6.91. The Balaban J connectivity index is 1.95. The molecule has 1 aliphatic rings. The van der Waals surface area contributed by atoms with E-state index in [9.17, 15) is 4.79 Å². The van der Waals surface area contributed by atoms with Crippen molar-refractivity contribution in [1.29, 1.82) is 0 Å². The lowest BCUT2D eigenvalue weighted by molar-refractivity contribution is -0.116. The maximum atomic E-state index is 11.1. The van der Waals surface area contributed by atoms with Crippen LogP contribution in [0.3, 0.4) is 0 Å². The molecule has 4 nitrogen and oxygen atoms in total. The summed E-state index contributed by atoms with van der Waals surface area (Å²) in [6.45, 7) is 2.79. The van der Waals surface area contributed by atoms with Crippen LogP contribution in [0.2, 0.25) is 0 Å². The first-order chi connectivity index (χ1) is 8.79. The van der Waals surface area contributed by atoms with E-state index in [0.717, 1.165) is 17.1 Å². The molecule has 1 aromatic carbocycles. The van der Waals surface area contributed by atoms with Crippen LogP contribution in [-0.4, -0.2) is 19.2 Å².